The van der Waals surface area contributed by atoms with Crippen LogP contribution in [0.2, 0.25) is 0 Å². The van der Waals surface area contributed by atoms with Crippen LogP contribution < -0.4 is 5.73 Å². The van der Waals surface area contributed by atoms with Crippen molar-refractivity contribution in [1.29, 1.82) is 0 Å². The van der Waals surface area contributed by atoms with Crippen molar-refractivity contribution in [2.75, 3.05) is 19.6 Å². The van der Waals surface area contributed by atoms with Crippen LogP contribution in [0.3, 0.4) is 0 Å². The predicted molar refractivity (Wildman–Crippen MR) is 64.8 cm³/mol. The molecule has 0 radical (unpaired) electrons. The van der Waals surface area contributed by atoms with E-state index in [-0.39, 0.29) is 0 Å². The van der Waals surface area contributed by atoms with Crippen LogP contribution in [0.4, 0.5) is 0 Å². The van der Waals surface area contributed by atoms with Gasteiger partial charge in [-0.05, 0) is 50.6 Å². The van der Waals surface area contributed by atoms with E-state index in [1.807, 2.05) is 0 Å². The summed E-state index contributed by atoms with van der Waals surface area (Å²) in [5.74, 6) is 0. The van der Waals surface area contributed by atoms with Crippen molar-refractivity contribution in [3.8, 4) is 0 Å². The van der Waals surface area contributed by atoms with Crippen LogP contribution in [0.1, 0.15) is 52.4 Å². The Morgan fingerprint density at radius 2 is 1.73 bits per heavy atom. The average Bonchev–Trinajstić information content (AvgIpc) is 2.69. The molecule has 0 aromatic heterocycles. The molecular weight excluding hydrogens is 184 g/mol. The summed E-state index contributed by atoms with van der Waals surface area (Å²) in [6.07, 6.45) is 8.12. The van der Waals surface area contributed by atoms with Gasteiger partial charge in [-0.25, -0.2) is 0 Å². The Morgan fingerprint density at radius 3 is 2.27 bits per heavy atom. The number of rotatable bonds is 2. The van der Waals surface area contributed by atoms with Crippen molar-refractivity contribution < 1.29 is 0 Å². The minimum absolute atomic E-state index is 0.345. The minimum atomic E-state index is 0.345. The van der Waals surface area contributed by atoms with Crippen molar-refractivity contribution in [3.63, 3.8) is 0 Å². The average molecular weight is 210 g/mol. The largest absolute Gasteiger partial charge is 0.329 e. The summed E-state index contributed by atoms with van der Waals surface area (Å²) in [6.45, 7) is 8.25. The zero-order valence-electron chi connectivity index (χ0n) is 10.4. The molecule has 1 aliphatic heterocycles. The van der Waals surface area contributed by atoms with Crippen molar-refractivity contribution in [2.45, 2.75) is 57.9 Å². The number of likely N-dealkylation sites (tertiary alicyclic amines) is 1. The first-order valence-electron chi connectivity index (χ1n) is 6.53. The molecule has 1 heterocycles. The lowest BCUT2D eigenvalue weighted by Gasteiger charge is -2.49. The Morgan fingerprint density at radius 1 is 1.07 bits per heavy atom. The number of nitrogens with two attached hydrogens (primary N) is 1. The zero-order chi connectivity index (χ0) is 10.9. The molecule has 0 aromatic carbocycles. The Bertz CT molecular complexity index is 219. The van der Waals surface area contributed by atoms with E-state index in [0.717, 1.165) is 6.54 Å². The Balaban J connectivity index is 2.12. The van der Waals surface area contributed by atoms with Gasteiger partial charge in [0.2, 0.25) is 0 Å². The van der Waals surface area contributed by atoms with Crippen LogP contribution in [-0.2, 0) is 0 Å². The second-order valence-electron chi connectivity index (χ2n) is 6.32. The van der Waals surface area contributed by atoms with Crippen LogP contribution in [0.15, 0.2) is 0 Å². The fourth-order valence-electron chi connectivity index (χ4n) is 3.73. The van der Waals surface area contributed by atoms with Gasteiger partial charge in [-0.2, -0.15) is 0 Å². The summed E-state index contributed by atoms with van der Waals surface area (Å²) >= 11 is 0. The van der Waals surface area contributed by atoms with Crippen molar-refractivity contribution in [2.24, 2.45) is 11.1 Å². The Hall–Kier alpha value is -0.0800. The summed E-state index contributed by atoms with van der Waals surface area (Å²) in [5.41, 5.74) is 6.94. The molecule has 2 fully saturated rings. The molecule has 0 spiro atoms. The van der Waals surface area contributed by atoms with E-state index in [0.29, 0.717) is 11.0 Å². The van der Waals surface area contributed by atoms with Gasteiger partial charge in [0.15, 0.2) is 0 Å². The lowest BCUT2D eigenvalue weighted by atomic mass is 9.67. The standard InChI is InChI=1S/C13H26N2/c1-12(2)6-5-7-13(10-12,11-14)15-8-3-4-9-15/h3-11,14H2,1-2H3. The molecule has 88 valence electrons. The summed E-state index contributed by atoms with van der Waals surface area (Å²) < 4.78 is 0. The normalized spacial score (nSPS) is 37.0. The van der Waals surface area contributed by atoms with Gasteiger partial charge in [-0.15, -0.1) is 0 Å². The summed E-state index contributed by atoms with van der Waals surface area (Å²) in [5, 5.41) is 0. The number of nitrogens with zero attached hydrogens (tertiary/aromatic N) is 1. The second-order valence-corrected chi connectivity index (χ2v) is 6.32. The molecule has 2 rings (SSSR count). The molecule has 0 aromatic rings. The van der Waals surface area contributed by atoms with E-state index in [9.17, 15) is 0 Å². The van der Waals surface area contributed by atoms with Gasteiger partial charge < -0.3 is 5.73 Å². The highest BCUT2D eigenvalue weighted by Crippen LogP contribution is 2.44. The fourth-order valence-corrected chi connectivity index (χ4v) is 3.73. The smallest absolute Gasteiger partial charge is 0.0336 e. The predicted octanol–water partition coefficient (Wildman–Crippen LogP) is 2.38. The Kier molecular flexibility index (Phi) is 3.09. The molecule has 2 aliphatic rings. The monoisotopic (exact) mass is 210 g/mol. The first-order chi connectivity index (χ1) is 7.08. The topological polar surface area (TPSA) is 29.3 Å². The van der Waals surface area contributed by atoms with Crippen LogP contribution in [-0.4, -0.2) is 30.1 Å². The third kappa shape index (κ3) is 2.21. The molecule has 1 aliphatic carbocycles. The first kappa shape index (κ1) is 11.4. The van der Waals surface area contributed by atoms with Gasteiger partial charge in [0.05, 0.1) is 0 Å². The molecule has 1 unspecified atom stereocenters. The molecular formula is C13H26N2. The molecule has 1 saturated carbocycles. The quantitative estimate of drug-likeness (QED) is 0.758. The SMILES string of the molecule is CC1(C)CCCC(CN)(N2CCCC2)C1. The first-order valence-corrected chi connectivity index (χ1v) is 6.53. The molecule has 0 bridgehead atoms. The molecule has 15 heavy (non-hydrogen) atoms. The van der Waals surface area contributed by atoms with E-state index in [4.69, 9.17) is 5.73 Å². The van der Waals surface area contributed by atoms with Crippen LogP contribution in [0, 0.1) is 5.41 Å². The maximum Gasteiger partial charge on any atom is 0.0336 e. The Labute approximate surface area is 94.2 Å². The van der Waals surface area contributed by atoms with E-state index >= 15 is 0 Å². The summed E-state index contributed by atoms with van der Waals surface area (Å²) in [4.78, 5) is 2.69. The van der Waals surface area contributed by atoms with Crippen molar-refractivity contribution in [1.82, 2.24) is 4.90 Å². The van der Waals surface area contributed by atoms with Gasteiger partial charge in [0.1, 0.15) is 0 Å². The van der Waals surface area contributed by atoms with Crippen LogP contribution in [0.25, 0.3) is 0 Å². The van der Waals surface area contributed by atoms with E-state index in [1.54, 1.807) is 0 Å². The molecule has 1 saturated heterocycles. The second kappa shape index (κ2) is 4.06. The van der Waals surface area contributed by atoms with Crippen LogP contribution in [0.5, 0.6) is 0 Å². The summed E-state index contributed by atoms with van der Waals surface area (Å²) in [7, 11) is 0. The van der Waals surface area contributed by atoms with Gasteiger partial charge in [0.25, 0.3) is 0 Å². The van der Waals surface area contributed by atoms with E-state index in [1.165, 1.54) is 51.6 Å². The van der Waals surface area contributed by atoms with E-state index in [2.05, 4.69) is 18.7 Å². The number of hydrogen-bond acceptors (Lipinski definition) is 2. The third-order valence-electron chi connectivity index (χ3n) is 4.46. The highest BCUT2D eigenvalue weighted by atomic mass is 15.2. The number of hydrogen-bond donors (Lipinski definition) is 1. The fraction of sp³-hybridized carbons (Fsp3) is 1.00. The molecule has 2 N–H and O–H groups in total. The molecule has 2 heteroatoms. The van der Waals surface area contributed by atoms with Gasteiger partial charge in [0, 0.05) is 12.1 Å². The highest BCUT2D eigenvalue weighted by Gasteiger charge is 2.43. The zero-order valence-corrected chi connectivity index (χ0v) is 10.4. The maximum absolute atomic E-state index is 6.10. The van der Waals surface area contributed by atoms with E-state index < -0.39 is 0 Å². The maximum atomic E-state index is 6.10. The van der Waals surface area contributed by atoms with Crippen molar-refractivity contribution >= 4 is 0 Å². The van der Waals surface area contributed by atoms with Gasteiger partial charge >= 0.3 is 0 Å². The molecule has 0 amide bonds. The highest BCUT2D eigenvalue weighted by molar-refractivity contribution is 5.00. The molecule has 1 atom stereocenters. The van der Waals surface area contributed by atoms with Gasteiger partial charge in [-0.1, -0.05) is 20.3 Å². The summed E-state index contributed by atoms with van der Waals surface area (Å²) in [6, 6.07) is 0. The van der Waals surface area contributed by atoms with Crippen molar-refractivity contribution in [3.05, 3.63) is 0 Å². The van der Waals surface area contributed by atoms with Gasteiger partial charge in [-0.3, -0.25) is 4.90 Å². The lowest BCUT2D eigenvalue weighted by Crippen LogP contribution is -2.56. The third-order valence-corrected chi connectivity index (χ3v) is 4.46. The molecule has 2 nitrogen and oxygen atoms in total. The lowest BCUT2D eigenvalue weighted by molar-refractivity contribution is 0.0259. The van der Waals surface area contributed by atoms with Crippen LogP contribution >= 0.6 is 0 Å². The minimum Gasteiger partial charge on any atom is -0.329 e.